The van der Waals surface area contributed by atoms with Crippen LogP contribution in [0, 0.1) is 10.1 Å². The molecule has 8 nitrogen and oxygen atoms in total. The van der Waals surface area contributed by atoms with Crippen LogP contribution in [-0.2, 0) is 11.3 Å². The summed E-state index contributed by atoms with van der Waals surface area (Å²) in [5.74, 6) is -0.549. The highest BCUT2D eigenvalue weighted by Crippen LogP contribution is 2.25. The van der Waals surface area contributed by atoms with Gasteiger partial charge < -0.3 is 14.7 Å². The van der Waals surface area contributed by atoms with Crippen LogP contribution in [0.15, 0.2) is 29.6 Å². The summed E-state index contributed by atoms with van der Waals surface area (Å²) >= 11 is 1.32. The molecule has 1 N–H and O–H groups in total. The van der Waals surface area contributed by atoms with Crippen LogP contribution in [0.1, 0.15) is 16.1 Å². The molecule has 1 aliphatic rings. The predicted octanol–water partition coefficient (Wildman–Crippen LogP) is 1.59. The number of benzene rings is 1. The Bertz CT molecular complexity index is 724. The maximum Gasteiger partial charge on any atom is 0.358 e. The first-order valence-corrected chi connectivity index (χ1v) is 7.70. The lowest BCUT2D eigenvalue weighted by Crippen LogP contribution is -2.50. The molecule has 1 aliphatic heterocycles. The van der Waals surface area contributed by atoms with E-state index in [-0.39, 0.29) is 24.1 Å². The number of anilines is 1. The van der Waals surface area contributed by atoms with Crippen molar-refractivity contribution in [3.63, 3.8) is 0 Å². The summed E-state index contributed by atoms with van der Waals surface area (Å²) in [5, 5.41) is 22.1. The molecule has 120 valence electrons. The van der Waals surface area contributed by atoms with Crippen molar-refractivity contribution in [1.29, 1.82) is 0 Å². The van der Waals surface area contributed by atoms with Gasteiger partial charge in [0.15, 0.2) is 10.8 Å². The number of carbonyl (C=O) groups excluding carboxylic acids is 1. The third-order valence-electron chi connectivity index (χ3n) is 3.35. The monoisotopic (exact) mass is 335 g/mol. The molecule has 0 radical (unpaired) electrons. The van der Waals surface area contributed by atoms with Crippen LogP contribution in [0.25, 0.3) is 0 Å². The summed E-state index contributed by atoms with van der Waals surface area (Å²) in [6, 6.07) is 5.80. The van der Waals surface area contributed by atoms with Gasteiger partial charge in [0.2, 0.25) is 0 Å². The van der Waals surface area contributed by atoms with Crippen LogP contribution >= 0.6 is 11.3 Å². The Labute approximate surface area is 135 Å². The third-order valence-corrected chi connectivity index (χ3v) is 4.25. The SMILES string of the molecule is O=C(OCc1ccc([N+](=O)[O-])cc1)c1csc(N2CC(O)C2)n1. The van der Waals surface area contributed by atoms with Gasteiger partial charge in [-0.25, -0.2) is 9.78 Å². The molecule has 2 aromatic rings. The lowest BCUT2D eigenvalue weighted by atomic mass is 10.2. The van der Waals surface area contributed by atoms with Gasteiger partial charge in [0.25, 0.3) is 5.69 Å². The van der Waals surface area contributed by atoms with Crippen LogP contribution in [-0.4, -0.2) is 40.2 Å². The minimum atomic E-state index is -0.549. The molecule has 0 amide bonds. The molecule has 1 saturated heterocycles. The highest BCUT2D eigenvalue weighted by molar-refractivity contribution is 7.13. The second-order valence-electron chi connectivity index (χ2n) is 5.07. The molecule has 0 spiro atoms. The molecule has 2 heterocycles. The molecule has 0 aliphatic carbocycles. The molecular formula is C14H13N3O5S. The van der Waals surface area contributed by atoms with E-state index < -0.39 is 10.9 Å². The predicted molar refractivity (Wildman–Crippen MR) is 82.5 cm³/mol. The summed E-state index contributed by atoms with van der Waals surface area (Å²) in [5.41, 5.74) is 0.861. The van der Waals surface area contributed by atoms with Gasteiger partial charge in [-0.05, 0) is 17.7 Å². The maximum absolute atomic E-state index is 11.9. The number of nitro groups is 1. The number of rotatable bonds is 5. The van der Waals surface area contributed by atoms with Gasteiger partial charge in [0.05, 0.1) is 11.0 Å². The fourth-order valence-electron chi connectivity index (χ4n) is 2.05. The molecular weight excluding hydrogens is 322 g/mol. The van der Waals surface area contributed by atoms with Crippen LogP contribution in [0.2, 0.25) is 0 Å². The van der Waals surface area contributed by atoms with Crippen molar-refractivity contribution in [2.24, 2.45) is 0 Å². The van der Waals surface area contributed by atoms with Gasteiger partial charge in [0, 0.05) is 30.6 Å². The van der Waals surface area contributed by atoms with E-state index in [1.165, 1.54) is 23.5 Å². The molecule has 0 atom stereocenters. The number of hydrogen-bond donors (Lipinski definition) is 1. The van der Waals surface area contributed by atoms with Crippen molar-refractivity contribution in [1.82, 2.24) is 4.98 Å². The molecule has 3 rings (SSSR count). The van der Waals surface area contributed by atoms with E-state index in [0.29, 0.717) is 23.8 Å². The number of esters is 1. The maximum atomic E-state index is 11.9. The Hall–Kier alpha value is -2.52. The summed E-state index contributed by atoms with van der Waals surface area (Å²) in [6.45, 7) is 1.06. The number of aliphatic hydroxyl groups excluding tert-OH is 1. The van der Waals surface area contributed by atoms with Crippen molar-refractivity contribution in [2.45, 2.75) is 12.7 Å². The van der Waals surface area contributed by atoms with E-state index in [0.717, 1.165) is 0 Å². The number of aliphatic hydroxyl groups is 1. The summed E-state index contributed by atoms with van der Waals surface area (Å²) in [7, 11) is 0. The Morgan fingerprint density at radius 1 is 1.43 bits per heavy atom. The zero-order valence-electron chi connectivity index (χ0n) is 11.9. The van der Waals surface area contributed by atoms with Gasteiger partial charge >= 0.3 is 5.97 Å². The fraction of sp³-hybridized carbons (Fsp3) is 0.286. The summed E-state index contributed by atoms with van der Waals surface area (Å²) in [4.78, 5) is 28.1. The first-order valence-electron chi connectivity index (χ1n) is 6.82. The van der Waals surface area contributed by atoms with Gasteiger partial charge in [-0.3, -0.25) is 10.1 Å². The molecule has 1 fully saturated rings. The lowest BCUT2D eigenvalue weighted by Gasteiger charge is -2.35. The molecule has 23 heavy (non-hydrogen) atoms. The number of carbonyl (C=O) groups is 1. The standard InChI is InChI=1S/C14H13N3O5S/c18-11-5-16(6-11)14-15-12(8-23-14)13(19)22-7-9-1-3-10(4-2-9)17(20)21/h1-4,8,11,18H,5-7H2. The minimum Gasteiger partial charge on any atom is -0.456 e. The van der Waals surface area contributed by atoms with Crippen LogP contribution in [0.4, 0.5) is 10.8 Å². The molecule has 0 saturated carbocycles. The van der Waals surface area contributed by atoms with Gasteiger partial charge in [-0.1, -0.05) is 0 Å². The quantitative estimate of drug-likeness (QED) is 0.502. The molecule has 1 aromatic carbocycles. The second-order valence-corrected chi connectivity index (χ2v) is 5.91. The smallest absolute Gasteiger partial charge is 0.358 e. The van der Waals surface area contributed by atoms with E-state index in [4.69, 9.17) is 4.74 Å². The largest absolute Gasteiger partial charge is 0.456 e. The second kappa shape index (κ2) is 6.31. The molecule has 9 heteroatoms. The lowest BCUT2D eigenvalue weighted by molar-refractivity contribution is -0.384. The van der Waals surface area contributed by atoms with Crippen LogP contribution in [0.3, 0.4) is 0 Å². The highest BCUT2D eigenvalue weighted by Gasteiger charge is 2.27. The Kier molecular flexibility index (Phi) is 4.22. The third kappa shape index (κ3) is 3.46. The number of nitrogens with zero attached hydrogens (tertiary/aromatic N) is 3. The first-order chi connectivity index (χ1) is 11.0. The summed E-state index contributed by atoms with van der Waals surface area (Å²) < 4.78 is 5.15. The fourth-order valence-corrected chi connectivity index (χ4v) is 2.87. The molecule has 0 bridgehead atoms. The van der Waals surface area contributed by atoms with Crippen LogP contribution < -0.4 is 4.90 Å². The van der Waals surface area contributed by atoms with E-state index >= 15 is 0 Å². The van der Waals surface area contributed by atoms with E-state index in [1.807, 2.05) is 4.90 Å². The van der Waals surface area contributed by atoms with Crippen molar-refractivity contribution in [2.75, 3.05) is 18.0 Å². The minimum absolute atomic E-state index is 0.0130. The normalized spacial score (nSPS) is 14.4. The molecule has 1 aromatic heterocycles. The Balaban J connectivity index is 1.56. The van der Waals surface area contributed by atoms with Crippen LogP contribution in [0.5, 0.6) is 0 Å². The Morgan fingerprint density at radius 3 is 2.74 bits per heavy atom. The van der Waals surface area contributed by atoms with Gasteiger partial charge in [0.1, 0.15) is 6.61 Å². The number of aromatic nitrogens is 1. The number of thiazole rings is 1. The number of hydrogen-bond acceptors (Lipinski definition) is 8. The molecule has 0 unspecified atom stereocenters. The average molecular weight is 335 g/mol. The zero-order valence-corrected chi connectivity index (χ0v) is 12.7. The van der Waals surface area contributed by atoms with E-state index in [2.05, 4.69) is 4.98 Å². The zero-order chi connectivity index (χ0) is 16.4. The van der Waals surface area contributed by atoms with Crippen molar-refractivity contribution in [3.05, 3.63) is 51.0 Å². The first kappa shape index (κ1) is 15.4. The number of nitro benzene ring substituents is 1. The van der Waals surface area contributed by atoms with E-state index in [9.17, 15) is 20.0 Å². The number of β-amino-alcohol motifs (C(OH)–C–C–N with tert-alkyl or cyclic N) is 1. The highest BCUT2D eigenvalue weighted by atomic mass is 32.1. The summed E-state index contributed by atoms with van der Waals surface area (Å²) in [6.07, 6.45) is -0.337. The average Bonchev–Trinajstić information content (AvgIpc) is 2.99. The van der Waals surface area contributed by atoms with Crippen molar-refractivity contribution in [3.8, 4) is 0 Å². The van der Waals surface area contributed by atoms with Gasteiger partial charge in [-0.15, -0.1) is 11.3 Å². The van der Waals surface area contributed by atoms with E-state index in [1.54, 1.807) is 17.5 Å². The number of ether oxygens (including phenoxy) is 1. The Morgan fingerprint density at radius 2 is 2.13 bits per heavy atom. The van der Waals surface area contributed by atoms with Crippen molar-refractivity contribution >= 4 is 28.1 Å². The van der Waals surface area contributed by atoms with Crippen molar-refractivity contribution < 1.29 is 19.6 Å². The van der Waals surface area contributed by atoms with Gasteiger partial charge in [-0.2, -0.15) is 0 Å². The number of non-ortho nitro benzene ring substituents is 1. The topological polar surface area (TPSA) is 106 Å².